The molecule has 0 aliphatic carbocycles. The molecule has 24 heavy (non-hydrogen) atoms. The van der Waals surface area contributed by atoms with Crippen LogP contribution in [0, 0.1) is 11.7 Å². The molecule has 0 bridgehead atoms. The minimum absolute atomic E-state index is 0.207. The van der Waals surface area contributed by atoms with Crippen LogP contribution >= 0.6 is 0 Å². The Kier molecular flexibility index (Phi) is 5.47. The highest BCUT2D eigenvalue weighted by atomic mass is 19.1. The Morgan fingerprint density at radius 1 is 1.04 bits per heavy atom. The van der Waals surface area contributed by atoms with Crippen molar-refractivity contribution in [2.45, 2.75) is 25.7 Å². The molecule has 0 radical (unpaired) electrons. The second-order valence-corrected chi connectivity index (χ2v) is 6.36. The number of urea groups is 1. The topological polar surface area (TPSA) is 32.3 Å². The molecule has 1 heterocycles. The molecule has 3 rings (SSSR count). The van der Waals surface area contributed by atoms with Crippen molar-refractivity contribution in [3.05, 3.63) is 66.0 Å². The van der Waals surface area contributed by atoms with Crippen LogP contribution in [0.25, 0.3) is 0 Å². The molecule has 126 valence electrons. The quantitative estimate of drug-likeness (QED) is 0.867. The van der Waals surface area contributed by atoms with Gasteiger partial charge in [0, 0.05) is 13.1 Å². The Hall–Kier alpha value is -2.36. The van der Waals surface area contributed by atoms with Crippen LogP contribution in [0.5, 0.6) is 0 Å². The predicted molar refractivity (Wildman–Crippen MR) is 94.5 cm³/mol. The lowest BCUT2D eigenvalue weighted by atomic mass is 9.90. The summed E-state index contributed by atoms with van der Waals surface area (Å²) in [6, 6.07) is 16.6. The van der Waals surface area contributed by atoms with E-state index in [-0.39, 0.29) is 11.7 Å². The molecule has 2 amide bonds. The second kappa shape index (κ2) is 7.95. The van der Waals surface area contributed by atoms with Gasteiger partial charge in [-0.2, -0.15) is 0 Å². The Morgan fingerprint density at radius 3 is 2.42 bits per heavy atom. The third kappa shape index (κ3) is 4.34. The maximum Gasteiger partial charge on any atom is 0.321 e. The fourth-order valence-electron chi connectivity index (χ4n) is 3.20. The minimum Gasteiger partial charge on any atom is -0.325 e. The molecule has 2 aromatic rings. The number of anilines is 1. The Bertz CT molecular complexity index is 666. The van der Waals surface area contributed by atoms with Crippen molar-refractivity contribution in [1.29, 1.82) is 0 Å². The van der Waals surface area contributed by atoms with E-state index in [1.54, 1.807) is 23.1 Å². The number of nitrogens with one attached hydrogen (secondary N) is 1. The molecule has 1 fully saturated rings. The van der Waals surface area contributed by atoms with E-state index in [2.05, 4.69) is 29.6 Å². The monoisotopic (exact) mass is 326 g/mol. The van der Waals surface area contributed by atoms with Gasteiger partial charge in [-0.15, -0.1) is 0 Å². The molecule has 1 aliphatic rings. The molecule has 2 aromatic carbocycles. The first kappa shape index (κ1) is 16.5. The number of hydrogen-bond acceptors (Lipinski definition) is 1. The van der Waals surface area contributed by atoms with Crippen molar-refractivity contribution >= 4 is 11.7 Å². The van der Waals surface area contributed by atoms with E-state index in [1.165, 1.54) is 11.6 Å². The van der Waals surface area contributed by atoms with E-state index in [0.29, 0.717) is 5.92 Å². The summed E-state index contributed by atoms with van der Waals surface area (Å²) in [4.78, 5) is 14.0. The number of benzene rings is 2. The summed E-state index contributed by atoms with van der Waals surface area (Å²) >= 11 is 0. The minimum atomic E-state index is -0.399. The summed E-state index contributed by atoms with van der Waals surface area (Å²) in [6.07, 6.45) is 4.27. The number of piperidine rings is 1. The lowest BCUT2D eigenvalue weighted by Crippen LogP contribution is -2.41. The molecule has 1 aliphatic heterocycles. The molecule has 0 spiro atoms. The maximum absolute atomic E-state index is 13.6. The largest absolute Gasteiger partial charge is 0.325 e. The summed E-state index contributed by atoms with van der Waals surface area (Å²) in [6.45, 7) is 1.47. The molecular formula is C20H23FN2O. The Labute approximate surface area is 142 Å². The number of carbonyl (C=O) groups excluding carboxylic acids is 1. The zero-order valence-electron chi connectivity index (χ0n) is 13.7. The van der Waals surface area contributed by atoms with E-state index in [9.17, 15) is 9.18 Å². The highest BCUT2D eigenvalue weighted by Crippen LogP contribution is 2.23. The van der Waals surface area contributed by atoms with Gasteiger partial charge in [-0.3, -0.25) is 0 Å². The third-order valence-corrected chi connectivity index (χ3v) is 4.70. The summed E-state index contributed by atoms with van der Waals surface area (Å²) in [5.74, 6) is 0.256. The summed E-state index contributed by atoms with van der Waals surface area (Å²) < 4.78 is 13.6. The van der Waals surface area contributed by atoms with Gasteiger partial charge in [-0.25, -0.2) is 9.18 Å². The molecular weight excluding hydrogens is 303 g/mol. The zero-order chi connectivity index (χ0) is 16.8. The maximum atomic E-state index is 13.6. The molecule has 0 atom stereocenters. The van der Waals surface area contributed by atoms with Crippen LogP contribution in [0.3, 0.4) is 0 Å². The van der Waals surface area contributed by atoms with Crippen molar-refractivity contribution in [2.75, 3.05) is 18.4 Å². The zero-order valence-corrected chi connectivity index (χ0v) is 13.7. The van der Waals surface area contributed by atoms with E-state index >= 15 is 0 Å². The van der Waals surface area contributed by atoms with E-state index in [4.69, 9.17) is 0 Å². The first-order valence-electron chi connectivity index (χ1n) is 8.57. The molecule has 0 saturated carbocycles. The number of halogens is 1. The van der Waals surface area contributed by atoms with Crippen molar-refractivity contribution < 1.29 is 9.18 Å². The van der Waals surface area contributed by atoms with Crippen molar-refractivity contribution in [1.82, 2.24) is 4.90 Å². The standard InChI is InChI=1S/C20H23FN2O/c21-18-8-4-5-9-19(18)22-20(24)23-14-12-17(13-15-23)11-10-16-6-2-1-3-7-16/h1-9,17H,10-15H2,(H,22,24). The van der Waals surface area contributed by atoms with Crippen LogP contribution in [0.15, 0.2) is 54.6 Å². The number of amides is 2. The van der Waals surface area contributed by atoms with Crippen molar-refractivity contribution in [3.8, 4) is 0 Å². The van der Waals surface area contributed by atoms with Crippen LogP contribution in [0.1, 0.15) is 24.8 Å². The SMILES string of the molecule is O=C(Nc1ccccc1F)N1CCC(CCc2ccccc2)CC1. The van der Waals surface area contributed by atoms with E-state index in [0.717, 1.165) is 38.8 Å². The van der Waals surface area contributed by atoms with Crippen LogP contribution in [-0.2, 0) is 6.42 Å². The lowest BCUT2D eigenvalue weighted by Gasteiger charge is -2.32. The third-order valence-electron chi connectivity index (χ3n) is 4.70. The van der Waals surface area contributed by atoms with Gasteiger partial charge in [0.15, 0.2) is 0 Å². The van der Waals surface area contributed by atoms with Gasteiger partial charge < -0.3 is 10.2 Å². The van der Waals surface area contributed by atoms with E-state index in [1.807, 2.05) is 6.07 Å². The van der Waals surface area contributed by atoms with Gasteiger partial charge >= 0.3 is 6.03 Å². The molecule has 1 N–H and O–H groups in total. The smallest absolute Gasteiger partial charge is 0.321 e. The number of hydrogen-bond donors (Lipinski definition) is 1. The van der Waals surface area contributed by atoms with Gasteiger partial charge in [0.2, 0.25) is 0 Å². The molecule has 3 nitrogen and oxygen atoms in total. The first-order chi connectivity index (χ1) is 11.7. The van der Waals surface area contributed by atoms with Gasteiger partial charge in [0.1, 0.15) is 5.82 Å². The van der Waals surface area contributed by atoms with Gasteiger partial charge in [-0.1, -0.05) is 42.5 Å². The molecule has 0 unspecified atom stereocenters. The van der Waals surface area contributed by atoms with Crippen LogP contribution < -0.4 is 5.32 Å². The fraction of sp³-hybridized carbons (Fsp3) is 0.350. The average molecular weight is 326 g/mol. The van der Waals surface area contributed by atoms with Crippen LogP contribution in [-0.4, -0.2) is 24.0 Å². The first-order valence-corrected chi connectivity index (χ1v) is 8.57. The number of rotatable bonds is 4. The van der Waals surface area contributed by atoms with Crippen molar-refractivity contribution in [2.24, 2.45) is 5.92 Å². The van der Waals surface area contributed by atoms with E-state index < -0.39 is 5.82 Å². The average Bonchev–Trinajstić information content (AvgIpc) is 2.63. The van der Waals surface area contributed by atoms with Crippen LogP contribution in [0.2, 0.25) is 0 Å². The van der Waals surface area contributed by atoms with Crippen molar-refractivity contribution in [3.63, 3.8) is 0 Å². The Morgan fingerprint density at radius 2 is 1.71 bits per heavy atom. The fourth-order valence-corrected chi connectivity index (χ4v) is 3.20. The highest BCUT2D eigenvalue weighted by Gasteiger charge is 2.23. The number of para-hydroxylation sites is 1. The summed E-state index contributed by atoms with van der Waals surface area (Å²) in [5.41, 5.74) is 1.62. The Balaban J connectivity index is 1.44. The highest BCUT2D eigenvalue weighted by molar-refractivity contribution is 5.89. The lowest BCUT2D eigenvalue weighted by molar-refractivity contribution is 0.180. The molecule has 0 aromatic heterocycles. The summed E-state index contributed by atoms with van der Waals surface area (Å²) in [5, 5.41) is 2.66. The van der Waals surface area contributed by atoms with Gasteiger partial charge in [-0.05, 0) is 49.3 Å². The number of carbonyl (C=O) groups is 1. The second-order valence-electron chi connectivity index (χ2n) is 6.36. The van der Waals surface area contributed by atoms with Gasteiger partial charge in [0.25, 0.3) is 0 Å². The molecule has 4 heteroatoms. The number of likely N-dealkylation sites (tertiary alicyclic amines) is 1. The van der Waals surface area contributed by atoms with Gasteiger partial charge in [0.05, 0.1) is 5.69 Å². The summed E-state index contributed by atoms with van der Waals surface area (Å²) in [7, 11) is 0. The number of aryl methyl sites for hydroxylation is 1. The normalized spacial score (nSPS) is 15.3. The molecule has 1 saturated heterocycles. The predicted octanol–water partition coefficient (Wildman–Crippen LogP) is 4.70. The number of nitrogens with zero attached hydrogens (tertiary/aromatic N) is 1. The van der Waals surface area contributed by atoms with Crippen LogP contribution in [0.4, 0.5) is 14.9 Å².